The Balaban J connectivity index is 0.00000361. The number of nitrogens with one attached hydrogen (secondary N) is 1. The highest BCUT2D eigenvalue weighted by molar-refractivity contribution is 14.0. The van der Waals surface area contributed by atoms with Gasteiger partial charge in [-0.25, -0.2) is 4.99 Å². The zero-order valence-electron chi connectivity index (χ0n) is 11.7. The van der Waals surface area contributed by atoms with Gasteiger partial charge >= 0.3 is 0 Å². The maximum Gasteiger partial charge on any atom is 0.188 e. The van der Waals surface area contributed by atoms with Crippen molar-refractivity contribution in [2.75, 3.05) is 27.4 Å². The molecular formula is C13H21FIN3O2. The van der Waals surface area contributed by atoms with E-state index in [0.717, 1.165) is 5.56 Å². The van der Waals surface area contributed by atoms with Crippen LogP contribution in [0.5, 0.6) is 11.5 Å². The van der Waals surface area contributed by atoms with Crippen LogP contribution in [-0.4, -0.2) is 33.4 Å². The number of aliphatic imine (C=N–C) groups is 1. The van der Waals surface area contributed by atoms with Crippen LogP contribution in [0.2, 0.25) is 0 Å². The van der Waals surface area contributed by atoms with Gasteiger partial charge in [0.05, 0.1) is 27.4 Å². The maximum absolute atomic E-state index is 11.9. The van der Waals surface area contributed by atoms with Gasteiger partial charge in [-0.15, -0.1) is 24.0 Å². The summed E-state index contributed by atoms with van der Waals surface area (Å²) < 4.78 is 22.3. The Labute approximate surface area is 135 Å². The van der Waals surface area contributed by atoms with E-state index in [1.807, 2.05) is 18.2 Å². The van der Waals surface area contributed by atoms with Crippen molar-refractivity contribution in [2.45, 2.75) is 13.0 Å². The van der Waals surface area contributed by atoms with Crippen LogP contribution >= 0.6 is 24.0 Å². The van der Waals surface area contributed by atoms with Crippen LogP contribution in [-0.2, 0) is 6.54 Å². The largest absolute Gasteiger partial charge is 0.493 e. The molecule has 1 aromatic rings. The van der Waals surface area contributed by atoms with Crippen molar-refractivity contribution in [1.82, 2.24) is 5.32 Å². The Hall–Kier alpha value is -1.25. The van der Waals surface area contributed by atoms with Crippen LogP contribution in [0.25, 0.3) is 0 Å². The third-order valence-corrected chi connectivity index (χ3v) is 2.50. The summed E-state index contributed by atoms with van der Waals surface area (Å²) in [5, 5.41) is 2.84. The van der Waals surface area contributed by atoms with Gasteiger partial charge in [0.25, 0.3) is 0 Å². The minimum Gasteiger partial charge on any atom is -0.493 e. The molecule has 20 heavy (non-hydrogen) atoms. The van der Waals surface area contributed by atoms with E-state index in [1.54, 1.807) is 14.2 Å². The molecule has 0 aliphatic rings. The lowest BCUT2D eigenvalue weighted by molar-refractivity contribution is 0.354. The molecule has 0 fully saturated rings. The molecular weight excluding hydrogens is 376 g/mol. The number of hydrogen-bond donors (Lipinski definition) is 2. The standard InChI is InChI=1S/C13H20FN3O2.HI/c1-18-11-5-4-10(8-12(11)19-2)9-17-13(15)16-7-3-6-14;/h4-5,8H,3,6-7,9H2,1-2H3,(H3,15,16,17);1H. The molecule has 0 aliphatic carbocycles. The molecule has 5 nitrogen and oxygen atoms in total. The summed E-state index contributed by atoms with van der Waals surface area (Å²) in [6.45, 7) is 0.544. The molecule has 0 bridgehead atoms. The Morgan fingerprint density at radius 2 is 2.00 bits per heavy atom. The molecule has 0 aliphatic heterocycles. The monoisotopic (exact) mass is 397 g/mol. The topological polar surface area (TPSA) is 68.9 Å². The number of benzene rings is 1. The Kier molecular flexibility index (Phi) is 9.87. The molecule has 7 heteroatoms. The molecule has 0 saturated carbocycles. The molecule has 0 radical (unpaired) electrons. The van der Waals surface area contributed by atoms with Gasteiger partial charge in [-0.05, 0) is 24.1 Å². The lowest BCUT2D eigenvalue weighted by Gasteiger charge is -2.09. The number of rotatable bonds is 7. The third-order valence-electron chi connectivity index (χ3n) is 2.50. The number of nitrogens with two attached hydrogens (primary N) is 1. The average molecular weight is 397 g/mol. The highest BCUT2D eigenvalue weighted by Gasteiger charge is 2.04. The Bertz CT molecular complexity index is 430. The van der Waals surface area contributed by atoms with Gasteiger partial charge in [-0.2, -0.15) is 0 Å². The number of guanidine groups is 1. The molecule has 0 atom stereocenters. The minimum atomic E-state index is -0.365. The first-order valence-electron chi connectivity index (χ1n) is 6.02. The van der Waals surface area contributed by atoms with Crippen LogP contribution in [0.1, 0.15) is 12.0 Å². The average Bonchev–Trinajstić information content (AvgIpc) is 2.45. The SMILES string of the molecule is COc1ccc(CN=C(N)NCCCF)cc1OC.I. The molecule has 1 aromatic carbocycles. The molecule has 0 saturated heterocycles. The van der Waals surface area contributed by atoms with E-state index in [1.165, 1.54) is 0 Å². The molecule has 0 amide bonds. The maximum atomic E-state index is 11.9. The summed E-state index contributed by atoms with van der Waals surface area (Å²) in [6, 6.07) is 5.55. The molecule has 3 N–H and O–H groups in total. The summed E-state index contributed by atoms with van der Waals surface area (Å²) in [7, 11) is 3.17. The van der Waals surface area contributed by atoms with Crippen LogP contribution in [0, 0.1) is 0 Å². The number of nitrogens with zero attached hydrogens (tertiary/aromatic N) is 1. The summed E-state index contributed by atoms with van der Waals surface area (Å²) in [6.07, 6.45) is 0.423. The smallest absolute Gasteiger partial charge is 0.188 e. The van der Waals surface area contributed by atoms with E-state index in [-0.39, 0.29) is 30.7 Å². The zero-order valence-corrected chi connectivity index (χ0v) is 14.0. The number of hydrogen-bond acceptors (Lipinski definition) is 3. The van der Waals surface area contributed by atoms with Gasteiger partial charge in [0, 0.05) is 6.54 Å². The zero-order chi connectivity index (χ0) is 14.1. The van der Waals surface area contributed by atoms with E-state index < -0.39 is 0 Å². The highest BCUT2D eigenvalue weighted by Crippen LogP contribution is 2.27. The fourth-order valence-corrected chi connectivity index (χ4v) is 1.49. The van der Waals surface area contributed by atoms with E-state index in [0.29, 0.717) is 37.0 Å². The molecule has 0 unspecified atom stereocenters. The quantitative estimate of drug-likeness (QED) is 0.320. The number of ether oxygens (including phenoxy) is 2. The van der Waals surface area contributed by atoms with Crippen molar-refractivity contribution in [1.29, 1.82) is 0 Å². The Morgan fingerprint density at radius 1 is 1.30 bits per heavy atom. The predicted molar refractivity (Wildman–Crippen MR) is 88.9 cm³/mol. The van der Waals surface area contributed by atoms with Gasteiger partial charge in [-0.1, -0.05) is 6.07 Å². The second kappa shape index (κ2) is 10.5. The van der Waals surface area contributed by atoms with Crippen LogP contribution < -0.4 is 20.5 Å². The first kappa shape index (κ1) is 18.8. The lowest BCUT2D eigenvalue weighted by atomic mass is 10.2. The minimum absolute atomic E-state index is 0. The van der Waals surface area contributed by atoms with Gasteiger partial charge in [-0.3, -0.25) is 4.39 Å². The predicted octanol–water partition coefficient (Wildman–Crippen LogP) is 2.09. The molecule has 0 heterocycles. The van der Waals surface area contributed by atoms with E-state index in [9.17, 15) is 4.39 Å². The van der Waals surface area contributed by atoms with Crippen LogP contribution in [0.3, 0.4) is 0 Å². The molecule has 1 rings (SSSR count). The third kappa shape index (κ3) is 6.27. The molecule has 0 spiro atoms. The van der Waals surface area contributed by atoms with E-state index >= 15 is 0 Å². The van der Waals surface area contributed by atoms with Crippen molar-refractivity contribution < 1.29 is 13.9 Å². The fourth-order valence-electron chi connectivity index (χ4n) is 1.49. The normalized spacial score (nSPS) is 10.7. The first-order chi connectivity index (χ1) is 9.21. The summed E-state index contributed by atoms with van der Waals surface area (Å²) in [5.41, 5.74) is 6.60. The van der Waals surface area contributed by atoms with Gasteiger partial charge in [0.15, 0.2) is 17.5 Å². The fraction of sp³-hybridized carbons (Fsp3) is 0.462. The van der Waals surface area contributed by atoms with Crippen molar-refractivity contribution in [2.24, 2.45) is 10.7 Å². The summed E-state index contributed by atoms with van der Waals surface area (Å²) >= 11 is 0. The van der Waals surface area contributed by atoms with E-state index in [4.69, 9.17) is 15.2 Å². The number of alkyl halides is 1. The van der Waals surface area contributed by atoms with Crippen LogP contribution in [0.15, 0.2) is 23.2 Å². The number of halogens is 2. The molecule has 0 aromatic heterocycles. The van der Waals surface area contributed by atoms with Crippen molar-refractivity contribution >= 4 is 29.9 Å². The van der Waals surface area contributed by atoms with Crippen LogP contribution in [0.4, 0.5) is 4.39 Å². The van der Waals surface area contributed by atoms with Gasteiger partial charge in [0.1, 0.15) is 0 Å². The summed E-state index contributed by atoms with van der Waals surface area (Å²) in [4.78, 5) is 4.16. The van der Waals surface area contributed by atoms with Gasteiger partial charge in [0.2, 0.25) is 0 Å². The molecule has 114 valence electrons. The summed E-state index contributed by atoms with van der Waals surface area (Å²) in [5.74, 6) is 1.63. The second-order valence-electron chi connectivity index (χ2n) is 3.86. The number of methoxy groups -OCH3 is 2. The van der Waals surface area contributed by atoms with Crippen molar-refractivity contribution in [3.63, 3.8) is 0 Å². The van der Waals surface area contributed by atoms with Gasteiger partial charge < -0.3 is 20.5 Å². The highest BCUT2D eigenvalue weighted by atomic mass is 127. The van der Waals surface area contributed by atoms with E-state index in [2.05, 4.69) is 10.3 Å². The Morgan fingerprint density at radius 3 is 2.60 bits per heavy atom. The van der Waals surface area contributed by atoms with Crippen molar-refractivity contribution in [3.8, 4) is 11.5 Å². The second-order valence-corrected chi connectivity index (χ2v) is 3.86. The first-order valence-corrected chi connectivity index (χ1v) is 6.02. The van der Waals surface area contributed by atoms with Crippen molar-refractivity contribution in [3.05, 3.63) is 23.8 Å². The lowest BCUT2D eigenvalue weighted by Crippen LogP contribution is -2.32.